The lowest BCUT2D eigenvalue weighted by molar-refractivity contribution is -0.131. The van der Waals surface area contributed by atoms with Gasteiger partial charge in [-0.25, -0.2) is 12.8 Å². The van der Waals surface area contributed by atoms with Gasteiger partial charge >= 0.3 is 0 Å². The second-order valence-corrected chi connectivity index (χ2v) is 7.20. The van der Waals surface area contributed by atoms with Crippen LogP contribution in [0.3, 0.4) is 0 Å². The average molecular weight is 321 g/mol. The number of benzene rings is 1. The second-order valence-electron chi connectivity index (χ2n) is 4.97. The van der Waals surface area contributed by atoms with Gasteiger partial charge in [-0.1, -0.05) is 11.6 Å². The molecule has 1 fully saturated rings. The minimum Gasteiger partial charge on any atom is -0.353 e. The Bertz CT molecular complexity index is 661. The topological polar surface area (TPSA) is 66.5 Å². The summed E-state index contributed by atoms with van der Waals surface area (Å²) in [7, 11) is -4.06. The molecule has 1 amide bonds. The summed E-state index contributed by atoms with van der Waals surface area (Å²) in [6, 6.07) is 3.12. The minimum atomic E-state index is -4.06. The van der Waals surface area contributed by atoms with E-state index in [-0.39, 0.29) is 23.0 Å². The number of carbonyl (C=O) groups is 1. The van der Waals surface area contributed by atoms with Crippen molar-refractivity contribution >= 4 is 27.5 Å². The fraction of sp³-hybridized carbons (Fsp3) is 0.417. The van der Waals surface area contributed by atoms with Crippen molar-refractivity contribution in [1.82, 2.24) is 9.62 Å². The van der Waals surface area contributed by atoms with Crippen LogP contribution in [0, 0.1) is 5.82 Å². The number of amides is 1. The molecule has 5 nitrogen and oxygen atoms in total. The zero-order valence-corrected chi connectivity index (χ0v) is 12.6. The SMILES string of the molecule is CC1(C)C(=O)NCCN1S(=O)(=O)c1cc(F)ccc1Cl. The van der Waals surface area contributed by atoms with Crippen molar-refractivity contribution in [3.8, 4) is 0 Å². The number of sulfonamides is 1. The van der Waals surface area contributed by atoms with E-state index in [1.165, 1.54) is 19.9 Å². The van der Waals surface area contributed by atoms with Gasteiger partial charge in [-0.3, -0.25) is 4.79 Å². The Kier molecular flexibility index (Phi) is 3.79. The van der Waals surface area contributed by atoms with Crippen LogP contribution in [0.4, 0.5) is 4.39 Å². The Hall–Kier alpha value is -1.18. The molecule has 8 heteroatoms. The number of hydrogen-bond donors (Lipinski definition) is 1. The molecule has 0 spiro atoms. The van der Waals surface area contributed by atoms with Crippen LogP contribution in [0.15, 0.2) is 23.1 Å². The summed E-state index contributed by atoms with van der Waals surface area (Å²) in [5, 5.41) is 2.52. The van der Waals surface area contributed by atoms with Crippen LogP contribution in [0.1, 0.15) is 13.8 Å². The largest absolute Gasteiger partial charge is 0.353 e. The van der Waals surface area contributed by atoms with E-state index < -0.39 is 27.3 Å². The third kappa shape index (κ3) is 2.41. The molecule has 1 heterocycles. The van der Waals surface area contributed by atoms with Crippen LogP contribution in [0.2, 0.25) is 5.02 Å². The van der Waals surface area contributed by atoms with Crippen LogP contribution in [-0.4, -0.2) is 37.3 Å². The molecule has 1 aromatic rings. The molecule has 1 aliphatic rings. The molecule has 1 N–H and O–H groups in total. The van der Waals surface area contributed by atoms with Crippen molar-refractivity contribution in [2.24, 2.45) is 0 Å². The van der Waals surface area contributed by atoms with Gasteiger partial charge in [-0.2, -0.15) is 4.31 Å². The highest BCUT2D eigenvalue weighted by molar-refractivity contribution is 7.89. The van der Waals surface area contributed by atoms with E-state index >= 15 is 0 Å². The molecular formula is C12H14ClFN2O3S. The first-order valence-electron chi connectivity index (χ1n) is 5.93. The van der Waals surface area contributed by atoms with Gasteiger partial charge < -0.3 is 5.32 Å². The van der Waals surface area contributed by atoms with Gasteiger partial charge in [0.25, 0.3) is 0 Å². The van der Waals surface area contributed by atoms with E-state index in [2.05, 4.69) is 5.32 Å². The third-order valence-corrected chi connectivity index (χ3v) is 5.80. The Morgan fingerprint density at radius 2 is 2.05 bits per heavy atom. The number of carbonyl (C=O) groups excluding carboxylic acids is 1. The van der Waals surface area contributed by atoms with Crippen molar-refractivity contribution in [2.75, 3.05) is 13.1 Å². The first kappa shape index (κ1) is 15.2. The maximum Gasteiger partial charge on any atom is 0.245 e. The van der Waals surface area contributed by atoms with Crippen molar-refractivity contribution in [1.29, 1.82) is 0 Å². The summed E-state index contributed by atoms with van der Waals surface area (Å²) in [6.07, 6.45) is 0. The van der Waals surface area contributed by atoms with E-state index in [4.69, 9.17) is 11.6 Å². The zero-order chi connectivity index (χ0) is 15.1. The Balaban J connectivity index is 2.55. The highest BCUT2D eigenvalue weighted by Crippen LogP contribution is 2.31. The molecule has 0 aliphatic carbocycles. The highest BCUT2D eigenvalue weighted by atomic mass is 35.5. The highest BCUT2D eigenvalue weighted by Gasteiger charge is 2.45. The lowest BCUT2D eigenvalue weighted by Crippen LogP contribution is -2.63. The van der Waals surface area contributed by atoms with Crippen molar-refractivity contribution in [3.05, 3.63) is 29.0 Å². The fourth-order valence-corrected chi connectivity index (χ4v) is 4.33. The summed E-state index contributed by atoms with van der Waals surface area (Å²) < 4.78 is 39.6. The van der Waals surface area contributed by atoms with Gasteiger partial charge in [0.2, 0.25) is 15.9 Å². The van der Waals surface area contributed by atoms with Gasteiger partial charge in [-0.15, -0.1) is 0 Å². The van der Waals surface area contributed by atoms with Gasteiger partial charge in [-0.05, 0) is 32.0 Å². The predicted molar refractivity (Wildman–Crippen MR) is 72.4 cm³/mol. The second kappa shape index (κ2) is 4.98. The van der Waals surface area contributed by atoms with Gasteiger partial charge in [0.05, 0.1) is 5.02 Å². The number of hydrogen-bond acceptors (Lipinski definition) is 3. The molecule has 1 aliphatic heterocycles. The quantitative estimate of drug-likeness (QED) is 0.895. The van der Waals surface area contributed by atoms with E-state index in [0.717, 1.165) is 16.4 Å². The van der Waals surface area contributed by atoms with Crippen molar-refractivity contribution < 1.29 is 17.6 Å². The molecule has 0 atom stereocenters. The van der Waals surface area contributed by atoms with Crippen LogP contribution in [0.5, 0.6) is 0 Å². The molecule has 110 valence electrons. The van der Waals surface area contributed by atoms with Crippen molar-refractivity contribution in [3.63, 3.8) is 0 Å². The maximum atomic E-state index is 13.3. The zero-order valence-electron chi connectivity index (χ0n) is 11.0. The number of piperazine rings is 1. The molecule has 20 heavy (non-hydrogen) atoms. The molecule has 0 unspecified atom stereocenters. The minimum absolute atomic E-state index is 0.0758. The number of rotatable bonds is 2. The normalized spacial score (nSPS) is 19.7. The van der Waals surface area contributed by atoms with Gasteiger partial charge in [0.1, 0.15) is 16.3 Å². The third-order valence-electron chi connectivity index (χ3n) is 3.24. The summed E-state index contributed by atoms with van der Waals surface area (Å²) in [6.45, 7) is 3.29. The van der Waals surface area contributed by atoms with Crippen LogP contribution >= 0.6 is 11.6 Å². The smallest absolute Gasteiger partial charge is 0.245 e. The summed E-state index contributed by atoms with van der Waals surface area (Å²) in [5.74, 6) is -1.10. The molecule has 0 aromatic heterocycles. The monoisotopic (exact) mass is 320 g/mol. The van der Waals surface area contributed by atoms with E-state index in [0.29, 0.717) is 0 Å². The first-order chi connectivity index (χ1) is 9.17. The van der Waals surface area contributed by atoms with E-state index in [9.17, 15) is 17.6 Å². The van der Waals surface area contributed by atoms with Gasteiger partial charge in [0, 0.05) is 13.1 Å². The molecule has 1 saturated heterocycles. The summed E-state index contributed by atoms with van der Waals surface area (Å²) in [4.78, 5) is 11.5. The van der Waals surface area contributed by atoms with Crippen LogP contribution in [-0.2, 0) is 14.8 Å². The lowest BCUT2D eigenvalue weighted by Gasteiger charge is -2.39. The first-order valence-corrected chi connectivity index (χ1v) is 7.75. The van der Waals surface area contributed by atoms with E-state index in [1.54, 1.807) is 0 Å². The molecule has 1 aromatic carbocycles. The average Bonchev–Trinajstić information content (AvgIpc) is 2.35. The summed E-state index contributed by atoms with van der Waals surface area (Å²) in [5.41, 5.74) is -1.26. The van der Waals surface area contributed by atoms with Crippen molar-refractivity contribution in [2.45, 2.75) is 24.3 Å². The van der Waals surface area contributed by atoms with Crippen LogP contribution < -0.4 is 5.32 Å². The molecule has 0 saturated carbocycles. The standard InChI is InChI=1S/C12H14ClFN2O3S/c1-12(2)11(17)15-5-6-16(12)20(18,19)10-7-8(14)3-4-9(10)13/h3-4,7H,5-6H2,1-2H3,(H,15,17). The molecule has 0 bridgehead atoms. The fourth-order valence-electron chi connectivity index (χ4n) is 2.09. The number of nitrogens with one attached hydrogen (secondary N) is 1. The molecule has 0 radical (unpaired) electrons. The maximum absolute atomic E-state index is 13.3. The van der Waals surface area contributed by atoms with Gasteiger partial charge in [0.15, 0.2) is 0 Å². The lowest BCUT2D eigenvalue weighted by atomic mass is 10.0. The molecular weight excluding hydrogens is 307 g/mol. The number of halogens is 2. The van der Waals surface area contributed by atoms with E-state index in [1.807, 2.05) is 0 Å². The predicted octanol–water partition coefficient (Wildman–Crippen LogP) is 1.38. The van der Waals surface area contributed by atoms with Crippen LogP contribution in [0.25, 0.3) is 0 Å². The Morgan fingerprint density at radius 1 is 1.40 bits per heavy atom. The number of nitrogens with zero attached hydrogens (tertiary/aromatic N) is 1. The summed E-state index contributed by atoms with van der Waals surface area (Å²) >= 11 is 5.86. The Morgan fingerprint density at radius 3 is 2.70 bits per heavy atom. The Labute approximate surface area is 121 Å². The molecule has 2 rings (SSSR count).